The number of hydrogen-bond acceptors (Lipinski definition) is 4. The average Bonchev–Trinajstić information content (AvgIpc) is 3.19. The molecule has 1 aliphatic rings. The van der Waals surface area contributed by atoms with Gasteiger partial charge in [0, 0.05) is 21.4 Å². The Bertz CT molecular complexity index is 1050. The third kappa shape index (κ3) is 3.81. The fourth-order valence-electron chi connectivity index (χ4n) is 3.03. The second kappa shape index (κ2) is 7.77. The summed E-state index contributed by atoms with van der Waals surface area (Å²) in [5, 5.41) is 8.03. The maximum atomic E-state index is 12.8. The first-order chi connectivity index (χ1) is 13.5. The molecule has 0 aliphatic carbocycles. The number of fused-ring (bicyclic) bond motifs is 1. The maximum absolute atomic E-state index is 12.8. The van der Waals surface area contributed by atoms with E-state index in [1.54, 1.807) is 35.9 Å². The molecule has 2 atom stereocenters. The Morgan fingerprint density at radius 2 is 2.00 bits per heavy atom. The number of nitrogens with one attached hydrogen (secondary N) is 1. The average molecular weight is 416 g/mol. The van der Waals surface area contributed by atoms with Crippen molar-refractivity contribution < 1.29 is 13.7 Å². The Kier molecular flexibility index (Phi) is 5.19. The molecule has 0 radical (unpaired) electrons. The molecular weight excluding hydrogens is 398 g/mol. The van der Waals surface area contributed by atoms with Gasteiger partial charge in [0.15, 0.2) is 6.10 Å². The number of carbonyl (C=O) groups excluding carboxylic acids is 1. The zero-order valence-electron chi connectivity index (χ0n) is 15.1. The number of benzene rings is 2. The first-order valence-corrected chi connectivity index (χ1v) is 10.6. The molecule has 2 heterocycles. The lowest BCUT2D eigenvalue weighted by atomic mass is 10.2. The van der Waals surface area contributed by atoms with Gasteiger partial charge in [-0.15, -0.1) is 0 Å². The van der Waals surface area contributed by atoms with Crippen molar-refractivity contribution >= 4 is 34.1 Å². The summed E-state index contributed by atoms with van der Waals surface area (Å²) < 4.78 is 19.3. The number of para-hydroxylation sites is 1. The van der Waals surface area contributed by atoms with Gasteiger partial charge in [0.2, 0.25) is 0 Å². The van der Waals surface area contributed by atoms with Crippen molar-refractivity contribution in [1.82, 2.24) is 9.78 Å². The van der Waals surface area contributed by atoms with Gasteiger partial charge in [-0.3, -0.25) is 9.00 Å². The first-order valence-electron chi connectivity index (χ1n) is 8.75. The van der Waals surface area contributed by atoms with Gasteiger partial charge in [-0.25, -0.2) is 4.68 Å². The normalized spacial score (nSPS) is 16.4. The van der Waals surface area contributed by atoms with Crippen molar-refractivity contribution in [3.8, 4) is 11.4 Å². The van der Waals surface area contributed by atoms with Crippen LogP contribution in [-0.2, 0) is 27.1 Å². The van der Waals surface area contributed by atoms with Gasteiger partial charge in [-0.1, -0.05) is 35.9 Å². The summed E-state index contributed by atoms with van der Waals surface area (Å²) in [5.74, 6) is 1.55. The highest BCUT2D eigenvalue weighted by atomic mass is 35.5. The van der Waals surface area contributed by atoms with Crippen molar-refractivity contribution in [1.29, 1.82) is 0 Å². The molecule has 3 aromatic rings. The minimum absolute atomic E-state index is 0.312. The predicted molar refractivity (Wildman–Crippen MR) is 109 cm³/mol. The Hall–Kier alpha value is -2.64. The van der Waals surface area contributed by atoms with E-state index in [2.05, 4.69) is 10.4 Å². The van der Waals surface area contributed by atoms with Crippen LogP contribution >= 0.6 is 11.6 Å². The van der Waals surface area contributed by atoms with Crippen LogP contribution in [0.15, 0.2) is 54.6 Å². The summed E-state index contributed by atoms with van der Waals surface area (Å²) in [6.45, 7) is 1.68. The number of carbonyl (C=O) groups is 1. The predicted octanol–water partition coefficient (Wildman–Crippen LogP) is 3.69. The van der Waals surface area contributed by atoms with Crippen LogP contribution in [0.2, 0.25) is 5.02 Å². The molecule has 0 bridgehead atoms. The van der Waals surface area contributed by atoms with Gasteiger partial charge >= 0.3 is 0 Å². The standard InChI is InChI=1S/C20H18ClN3O3S/c1-13(27-16-8-3-2-4-9-16)20(25)22-19-17-11-28(26)12-18(17)23-24(19)15-7-5-6-14(21)10-15/h2-10,13H,11-12H2,1H3,(H,22,25)/t13-,28-/m0/s1. The van der Waals surface area contributed by atoms with E-state index in [9.17, 15) is 9.00 Å². The van der Waals surface area contributed by atoms with E-state index in [-0.39, 0.29) is 5.91 Å². The van der Waals surface area contributed by atoms with E-state index in [1.165, 1.54) is 0 Å². The maximum Gasteiger partial charge on any atom is 0.266 e. The molecule has 8 heteroatoms. The van der Waals surface area contributed by atoms with Crippen LogP contribution in [0.25, 0.3) is 5.69 Å². The number of ether oxygens (including phenoxy) is 1. The summed E-state index contributed by atoms with van der Waals surface area (Å²) in [5.41, 5.74) is 2.24. The van der Waals surface area contributed by atoms with Crippen LogP contribution in [0.3, 0.4) is 0 Å². The molecule has 2 aromatic carbocycles. The SMILES string of the molecule is C[C@H](Oc1ccccc1)C(=O)Nc1c2c(nn1-c1cccc(Cl)c1)C[S@@](=O)C2. The molecule has 6 nitrogen and oxygen atoms in total. The smallest absolute Gasteiger partial charge is 0.266 e. The summed E-state index contributed by atoms with van der Waals surface area (Å²) in [6.07, 6.45) is -0.715. The lowest BCUT2D eigenvalue weighted by Gasteiger charge is -2.16. The number of halogens is 1. The quantitative estimate of drug-likeness (QED) is 0.689. The number of aromatic nitrogens is 2. The molecule has 4 rings (SSSR count). The summed E-state index contributed by atoms with van der Waals surface area (Å²) in [4.78, 5) is 12.8. The van der Waals surface area contributed by atoms with E-state index >= 15 is 0 Å². The number of hydrogen-bond donors (Lipinski definition) is 1. The number of nitrogens with zero attached hydrogens (tertiary/aromatic N) is 2. The van der Waals surface area contributed by atoms with E-state index in [1.807, 2.05) is 30.3 Å². The minimum Gasteiger partial charge on any atom is -0.481 e. The molecule has 0 spiro atoms. The molecule has 144 valence electrons. The molecule has 1 aromatic heterocycles. The molecule has 1 aliphatic heterocycles. The van der Waals surface area contributed by atoms with Gasteiger partial charge in [-0.2, -0.15) is 5.10 Å². The first kappa shape index (κ1) is 18.7. The van der Waals surface area contributed by atoms with E-state index < -0.39 is 16.9 Å². The molecule has 0 saturated carbocycles. The Morgan fingerprint density at radius 1 is 1.21 bits per heavy atom. The Labute approximate surface area is 169 Å². The van der Waals surface area contributed by atoms with Gasteiger partial charge in [0.25, 0.3) is 5.91 Å². The van der Waals surface area contributed by atoms with Gasteiger partial charge < -0.3 is 10.1 Å². The second-order valence-corrected chi connectivity index (χ2v) is 8.35. The van der Waals surface area contributed by atoms with Gasteiger partial charge in [0.05, 0.1) is 22.9 Å². The third-order valence-electron chi connectivity index (χ3n) is 4.39. The van der Waals surface area contributed by atoms with E-state index in [0.717, 1.165) is 16.9 Å². The molecule has 0 saturated heterocycles. The second-order valence-electron chi connectivity index (χ2n) is 6.46. The lowest BCUT2D eigenvalue weighted by Crippen LogP contribution is -2.31. The number of anilines is 1. The van der Waals surface area contributed by atoms with Crippen molar-refractivity contribution in [3.63, 3.8) is 0 Å². The zero-order chi connectivity index (χ0) is 19.7. The zero-order valence-corrected chi connectivity index (χ0v) is 16.7. The molecule has 1 amide bonds. The summed E-state index contributed by atoms with van der Waals surface area (Å²) in [7, 11) is -1.01. The Morgan fingerprint density at radius 3 is 2.75 bits per heavy atom. The van der Waals surface area contributed by atoms with Crippen LogP contribution in [0.1, 0.15) is 18.2 Å². The Balaban J connectivity index is 1.63. The van der Waals surface area contributed by atoms with Crippen LogP contribution in [0.5, 0.6) is 5.75 Å². The minimum atomic E-state index is -1.01. The molecule has 0 unspecified atom stereocenters. The third-order valence-corrected chi connectivity index (χ3v) is 5.83. The topological polar surface area (TPSA) is 73.2 Å². The molecular formula is C20H18ClN3O3S. The fraction of sp³-hybridized carbons (Fsp3) is 0.200. The fourth-order valence-corrected chi connectivity index (χ4v) is 4.47. The molecule has 0 fully saturated rings. The van der Waals surface area contributed by atoms with Crippen LogP contribution < -0.4 is 10.1 Å². The molecule has 1 N–H and O–H groups in total. The van der Waals surface area contributed by atoms with Crippen LogP contribution in [0, 0.1) is 0 Å². The van der Waals surface area contributed by atoms with E-state index in [0.29, 0.717) is 28.1 Å². The molecule has 28 heavy (non-hydrogen) atoms. The highest BCUT2D eigenvalue weighted by Gasteiger charge is 2.29. The highest BCUT2D eigenvalue weighted by Crippen LogP contribution is 2.32. The largest absolute Gasteiger partial charge is 0.481 e. The van der Waals surface area contributed by atoms with Crippen molar-refractivity contribution in [3.05, 3.63) is 70.9 Å². The summed E-state index contributed by atoms with van der Waals surface area (Å²) in [6, 6.07) is 16.4. The van der Waals surface area contributed by atoms with E-state index in [4.69, 9.17) is 16.3 Å². The van der Waals surface area contributed by atoms with Gasteiger partial charge in [0.1, 0.15) is 11.6 Å². The number of amides is 1. The van der Waals surface area contributed by atoms with Gasteiger partial charge in [-0.05, 0) is 37.3 Å². The van der Waals surface area contributed by atoms with Crippen molar-refractivity contribution in [2.45, 2.75) is 24.5 Å². The van der Waals surface area contributed by atoms with Crippen molar-refractivity contribution in [2.75, 3.05) is 5.32 Å². The summed E-state index contributed by atoms with van der Waals surface area (Å²) >= 11 is 6.11. The highest BCUT2D eigenvalue weighted by molar-refractivity contribution is 7.83. The van der Waals surface area contributed by atoms with Crippen LogP contribution in [-0.4, -0.2) is 26.0 Å². The van der Waals surface area contributed by atoms with Crippen LogP contribution in [0.4, 0.5) is 5.82 Å². The number of rotatable bonds is 5. The monoisotopic (exact) mass is 415 g/mol. The van der Waals surface area contributed by atoms with Crippen molar-refractivity contribution in [2.24, 2.45) is 0 Å². The lowest BCUT2D eigenvalue weighted by molar-refractivity contribution is -0.122.